The van der Waals surface area contributed by atoms with Crippen LogP contribution in [0.25, 0.3) is 0 Å². The predicted molar refractivity (Wildman–Crippen MR) is 97.8 cm³/mol. The van der Waals surface area contributed by atoms with Gasteiger partial charge in [-0.3, -0.25) is 9.59 Å². The molecule has 2 bridgehead atoms. The lowest BCUT2D eigenvalue weighted by Crippen LogP contribution is -2.67. The van der Waals surface area contributed by atoms with Crippen LogP contribution in [0.1, 0.15) is 36.0 Å². The lowest BCUT2D eigenvalue weighted by atomic mass is 9.60. The van der Waals surface area contributed by atoms with Crippen LogP contribution in [-0.4, -0.2) is 49.6 Å². The first kappa shape index (κ1) is 17.3. The Bertz CT molecular complexity index is 720. The van der Waals surface area contributed by atoms with E-state index in [0.29, 0.717) is 24.3 Å². The molecule has 1 heterocycles. The second-order valence-corrected chi connectivity index (χ2v) is 8.12. The van der Waals surface area contributed by atoms with Gasteiger partial charge in [-0.25, -0.2) is 0 Å². The summed E-state index contributed by atoms with van der Waals surface area (Å²) < 4.78 is 6.34. The van der Waals surface area contributed by atoms with Crippen LogP contribution in [0.3, 0.4) is 0 Å². The predicted octanol–water partition coefficient (Wildman–Crippen LogP) is 1.62. The summed E-state index contributed by atoms with van der Waals surface area (Å²) >= 11 is 0. The number of ether oxygens (including phenoxy) is 1. The van der Waals surface area contributed by atoms with Gasteiger partial charge in [0.1, 0.15) is 5.75 Å². The van der Waals surface area contributed by atoms with E-state index in [1.165, 1.54) is 0 Å². The third-order valence-corrected chi connectivity index (χ3v) is 6.16. The molecule has 1 aromatic carbocycles. The van der Waals surface area contributed by atoms with Gasteiger partial charge in [0.25, 0.3) is 5.91 Å². The Labute approximate surface area is 154 Å². The maximum Gasteiger partial charge on any atom is 0.258 e. The van der Waals surface area contributed by atoms with Crippen LogP contribution in [-0.2, 0) is 4.79 Å². The minimum absolute atomic E-state index is 0.0270. The van der Waals surface area contributed by atoms with Crippen molar-refractivity contribution in [3.8, 4) is 5.75 Å². The van der Waals surface area contributed by atoms with Crippen LogP contribution in [0.2, 0.25) is 0 Å². The molecule has 3 aliphatic carbocycles. The second-order valence-electron chi connectivity index (χ2n) is 8.12. The highest BCUT2D eigenvalue weighted by atomic mass is 16.5. The van der Waals surface area contributed by atoms with E-state index >= 15 is 0 Å². The number of amides is 2. The first-order valence-corrected chi connectivity index (χ1v) is 9.51. The summed E-state index contributed by atoms with van der Waals surface area (Å²) in [5.41, 5.74) is -0.0491. The van der Waals surface area contributed by atoms with Gasteiger partial charge in [0.15, 0.2) is 5.72 Å². The van der Waals surface area contributed by atoms with Crippen molar-refractivity contribution in [1.82, 2.24) is 15.5 Å². The fourth-order valence-electron chi connectivity index (χ4n) is 4.81. The molecule has 6 nitrogen and oxygen atoms in total. The van der Waals surface area contributed by atoms with Crippen molar-refractivity contribution in [3.05, 3.63) is 29.8 Å². The molecule has 5 rings (SSSR count). The highest BCUT2D eigenvalue weighted by molar-refractivity contribution is 5.98. The molecule has 6 heteroatoms. The molecule has 4 aliphatic rings. The highest BCUT2D eigenvalue weighted by Crippen LogP contribution is 2.52. The first-order valence-electron chi connectivity index (χ1n) is 9.51. The Morgan fingerprint density at radius 3 is 2.88 bits per heavy atom. The van der Waals surface area contributed by atoms with Crippen LogP contribution in [0.4, 0.5) is 0 Å². The molecule has 0 aromatic heterocycles. The number of carbonyl (C=O) groups is 2. The summed E-state index contributed by atoms with van der Waals surface area (Å²) in [6.07, 6.45) is 3.51. The Kier molecular flexibility index (Phi) is 4.39. The molecule has 3 saturated carbocycles. The Hall–Kier alpha value is -2.08. The summed E-state index contributed by atoms with van der Waals surface area (Å²) in [5.74, 6) is 1.21. The number of fused-ring (bicyclic) bond motifs is 3. The minimum Gasteiger partial charge on any atom is -0.467 e. The quantitative estimate of drug-likeness (QED) is 0.859. The molecule has 0 saturated heterocycles. The SMILES string of the molecule is CN(C)CCNC(=O)[C@H]1C[C@@H]2CC[C@@H]1C[C@@]21NC(=O)c2ccccc2O1. The Morgan fingerprint density at radius 1 is 1.35 bits per heavy atom. The molecule has 4 atom stereocenters. The van der Waals surface area contributed by atoms with Crippen molar-refractivity contribution in [1.29, 1.82) is 0 Å². The van der Waals surface area contributed by atoms with Crippen LogP contribution in [0, 0.1) is 17.8 Å². The summed E-state index contributed by atoms with van der Waals surface area (Å²) in [7, 11) is 4.00. The van der Waals surface area contributed by atoms with E-state index in [1.54, 1.807) is 6.07 Å². The minimum atomic E-state index is -0.644. The lowest BCUT2D eigenvalue weighted by molar-refractivity contribution is -0.146. The van der Waals surface area contributed by atoms with Gasteiger partial charge < -0.3 is 20.3 Å². The van der Waals surface area contributed by atoms with E-state index < -0.39 is 5.72 Å². The van der Waals surface area contributed by atoms with E-state index in [9.17, 15) is 9.59 Å². The summed E-state index contributed by atoms with van der Waals surface area (Å²) in [5, 5.41) is 6.21. The van der Waals surface area contributed by atoms with Gasteiger partial charge in [0.05, 0.1) is 5.56 Å². The van der Waals surface area contributed by atoms with Crippen molar-refractivity contribution >= 4 is 11.8 Å². The molecular weight excluding hydrogens is 330 g/mol. The molecule has 26 heavy (non-hydrogen) atoms. The van der Waals surface area contributed by atoms with Crippen LogP contribution in [0.15, 0.2) is 24.3 Å². The van der Waals surface area contributed by atoms with Gasteiger partial charge in [-0.1, -0.05) is 12.1 Å². The second kappa shape index (κ2) is 6.58. The molecule has 0 radical (unpaired) electrons. The van der Waals surface area contributed by atoms with Crippen LogP contribution in [0.5, 0.6) is 5.75 Å². The number of hydrogen-bond acceptors (Lipinski definition) is 4. The van der Waals surface area contributed by atoms with Gasteiger partial charge in [-0.2, -0.15) is 0 Å². The van der Waals surface area contributed by atoms with Crippen molar-refractivity contribution in [3.63, 3.8) is 0 Å². The molecule has 3 fully saturated rings. The molecule has 1 aliphatic heterocycles. The van der Waals surface area contributed by atoms with E-state index in [0.717, 1.165) is 25.8 Å². The lowest BCUT2D eigenvalue weighted by Gasteiger charge is -2.55. The van der Waals surface area contributed by atoms with E-state index in [1.807, 2.05) is 32.3 Å². The summed E-state index contributed by atoms with van der Waals surface area (Å²) in [6.45, 7) is 1.51. The molecular formula is C20H27N3O3. The fraction of sp³-hybridized carbons (Fsp3) is 0.600. The Morgan fingerprint density at radius 2 is 2.15 bits per heavy atom. The van der Waals surface area contributed by atoms with E-state index in [-0.39, 0.29) is 29.6 Å². The number of likely N-dealkylation sites (N-methyl/N-ethyl adjacent to an activating group) is 1. The highest BCUT2D eigenvalue weighted by Gasteiger charge is 2.57. The third kappa shape index (κ3) is 2.96. The average molecular weight is 357 g/mol. The average Bonchev–Trinajstić information content (AvgIpc) is 2.61. The summed E-state index contributed by atoms with van der Waals surface area (Å²) in [4.78, 5) is 27.3. The van der Waals surface area contributed by atoms with Crippen LogP contribution >= 0.6 is 0 Å². The maximum absolute atomic E-state index is 12.6. The fourth-order valence-corrected chi connectivity index (χ4v) is 4.81. The number of para-hydroxylation sites is 1. The van der Waals surface area contributed by atoms with Crippen molar-refractivity contribution in [2.45, 2.75) is 31.4 Å². The molecule has 2 amide bonds. The van der Waals surface area contributed by atoms with Gasteiger partial charge in [-0.15, -0.1) is 0 Å². The van der Waals surface area contributed by atoms with E-state index in [2.05, 4.69) is 15.5 Å². The largest absolute Gasteiger partial charge is 0.467 e. The van der Waals surface area contributed by atoms with Gasteiger partial charge in [-0.05, 0) is 51.4 Å². The third-order valence-electron chi connectivity index (χ3n) is 6.16. The van der Waals surface area contributed by atoms with Gasteiger partial charge in [0, 0.05) is 31.3 Å². The standard InChI is InChI=1S/C20H27N3O3/c1-23(2)10-9-21-18(24)16-11-14-8-7-13(16)12-20(14)22-19(25)15-5-3-4-6-17(15)26-20/h3-6,13-14,16H,7-12H2,1-2H3,(H,21,24)(H,22,25)/t13-,14+,16+,20+/m1/s1. The van der Waals surface area contributed by atoms with Crippen molar-refractivity contribution in [2.75, 3.05) is 27.2 Å². The molecule has 1 spiro atoms. The Balaban J connectivity index is 1.47. The zero-order valence-electron chi connectivity index (χ0n) is 15.5. The number of benzene rings is 1. The van der Waals surface area contributed by atoms with Gasteiger partial charge in [0.2, 0.25) is 5.91 Å². The zero-order chi connectivity index (χ0) is 18.3. The van der Waals surface area contributed by atoms with Crippen LogP contribution < -0.4 is 15.4 Å². The molecule has 140 valence electrons. The number of nitrogens with zero attached hydrogens (tertiary/aromatic N) is 1. The van der Waals surface area contributed by atoms with E-state index in [4.69, 9.17) is 4.74 Å². The monoisotopic (exact) mass is 357 g/mol. The summed E-state index contributed by atoms with van der Waals surface area (Å²) in [6, 6.07) is 7.40. The zero-order valence-corrected chi connectivity index (χ0v) is 15.5. The number of rotatable bonds is 4. The maximum atomic E-state index is 12.6. The van der Waals surface area contributed by atoms with Gasteiger partial charge >= 0.3 is 0 Å². The number of hydrogen-bond donors (Lipinski definition) is 2. The number of carbonyl (C=O) groups excluding carboxylic acids is 2. The topological polar surface area (TPSA) is 70.7 Å². The smallest absolute Gasteiger partial charge is 0.258 e. The molecule has 2 N–H and O–H groups in total. The first-order chi connectivity index (χ1) is 12.5. The molecule has 0 unspecified atom stereocenters. The normalized spacial score (nSPS) is 32.1. The number of nitrogens with one attached hydrogen (secondary N) is 2. The van der Waals surface area contributed by atoms with Crippen molar-refractivity contribution < 1.29 is 14.3 Å². The molecule has 1 aromatic rings. The van der Waals surface area contributed by atoms with Crippen molar-refractivity contribution in [2.24, 2.45) is 17.8 Å².